The normalized spacial score (nSPS) is 12.8. The van der Waals surface area contributed by atoms with Gasteiger partial charge in [0.2, 0.25) is 15.9 Å². The minimum Gasteiger partial charge on any atom is -0.350 e. The monoisotopic (exact) mass is 446 g/mol. The highest BCUT2D eigenvalue weighted by Crippen LogP contribution is 2.27. The lowest BCUT2D eigenvalue weighted by Gasteiger charge is -2.19. The molecule has 0 aliphatic rings. The summed E-state index contributed by atoms with van der Waals surface area (Å²) in [7, 11) is -3.64. The summed E-state index contributed by atoms with van der Waals surface area (Å²) in [5.74, 6) is -0.871. The van der Waals surface area contributed by atoms with Crippen LogP contribution in [-0.2, 0) is 26.7 Å². The van der Waals surface area contributed by atoms with Crippen molar-refractivity contribution in [1.82, 2.24) is 5.32 Å². The number of hydrogen-bond donors (Lipinski definition) is 2. The number of hydrogen-bond acceptors (Lipinski definition) is 3. The van der Waals surface area contributed by atoms with Crippen molar-refractivity contribution in [2.75, 3.05) is 11.0 Å². The van der Waals surface area contributed by atoms with Crippen LogP contribution in [0.1, 0.15) is 62.4 Å². The molecule has 168 valence electrons. The Bertz CT molecular complexity index is 1060. The molecule has 2 N–H and O–H groups in total. The van der Waals surface area contributed by atoms with E-state index < -0.39 is 21.9 Å². The molecule has 0 saturated heterocycles. The molecule has 0 radical (unpaired) electrons. The van der Waals surface area contributed by atoms with Gasteiger partial charge in [-0.1, -0.05) is 57.7 Å². The molecule has 1 amide bonds. The van der Waals surface area contributed by atoms with E-state index in [-0.39, 0.29) is 17.0 Å². The topological polar surface area (TPSA) is 75.3 Å². The number of amides is 1. The van der Waals surface area contributed by atoms with Crippen molar-refractivity contribution in [2.45, 2.75) is 52.0 Å². The maximum Gasteiger partial charge on any atom is 0.229 e. The summed E-state index contributed by atoms with van der Waals surface area (Å²) >= 11 is 0. The van der Waals surface area contributed by atoms with Gasteiger partial charge in [-0.3, -0.25) is 9.52 Å². The smallest absolute Gasteiger partial charge is 0.229 e. The van der Waals surface area contributed by atoms with Crippen molar-refractivity contribution in [3.63, 3.8) is 0 Å². The highest BCUT2D eigenvalue weighted by Gasteiger charge is 2.17. The van der Waals surface area contributed by atoms with E-state index >= 15 is 0 Å². The molecule has 0 aromatic heterocycles. The summed E-state index contributed by atoms with van der Waals surface area (Å²) in [5, 5.41) is 2.87. The molecule has 2 aromatic rings. The summed E-state index contributed by atoms with van der Waals surface area (Å²) in [6, 6.07) is 10.6. The first-order valence-corrected chi connectivity index (χ1v) is 12.0. The van der Waals surface area contributed by atoms with Gasteiger partial charge in [0.15, 0.2) is 0 Å². The van der Waals surface area contributed by atoms with Gasteiger partial charge in [0, 0.05) is 12.0 Å². The summed E-state index contributed by atoms with van der Waals surface area (Å²) in [6.45, 7) is 11.8. The number of rotatable bonds is 8. The molecule has 0 fully saturated rings. The fraction of sp³-hybridized carbons (Fsp3) is 0.375. The Labute approximate surface area is 184 Å². The quantitative estimate of drug-likeness (QED) is 0.603. The first kappa shape index (κ1) is 24.6. The average Bonchev–Trinajstić information content (AvgIpc) is 2.66. The summed E-state index contributed by atoms with van der Waals surface area (Å²) < 4.78 is 39.6. The van der Waals surface area contributed by atoms with Crippen LogP contribution in [0.4, 0.5) is 10.1 Å². The molecule has 0 aliphatic heterocycles. The SMILES string of the molecule is C=Cc1cc([C@@H](C)NC(=O)CCc2ccc(C(C)(C)C)cc2)cc(F)c1NS(C)(=O)=O. The summed E-state index contributed by atoms with van der Waals surface area (Å²) in [4.78, 5) is 12.4. The molecule has 0 bridgehead atoms. The van der Waals surface area contributed by atoms with Crippen molar-refractivity contribution in [1.29, 1.82) is 0 Å². The largest absolute Gasteiger partial charge is 0.350 e. The predicted molar refractivity (Wildman–Crippen MR) is 125 cm³/mol. The van der Waals surface area contributed by atoms with Crippen molar-refractivity contribution in [3.05, 3.63) is 71.0 Å². The molecular weight excluding hydrogens is 415 g/mol. The molecular formula is C24H31FN2O3S. The van der Waals surface area contributed by atoms with Gasteiger partial charge in [-0.25, -0.2) is 12.8 Å². The molecule has 1 atom stereocenters. The first-order valence-electron chi connectivity index (χ1n) is 10.1. The Balaban J connectivity index is 2.04. The zero-order chi connectivity index (χ0) is 23.4. The predicted octanol–water partition coefficient (Wildman–Crippen LogP) is 4.95. The lowest BCUT2D eigenvalue weighted by molar-refractivity contribution is -0.121. The van der Waals surface area contributed by atoms with Crippen LogP contribution in [0, 0.1) is 5.82 Å². The van der Waals surface area contributed by atoms with Crippen LogP contribution in [0.25, 0.3) is 6.08 Å². The second kappa shape index (κ2) is 9.64. The number of sulfonamides is 1. The van der Waals surface area contributed by atoms with Crippen LogP contribution in [0.3, 0.4) is 0 Å². The van der Waals surface area contributed by atoms with Gasteiger partial charge in [-0.15, -0.1) is 0 Å². The van der Waals surface area contributed by atoms with Gasteiger partial charge in [0.25, 0.3) is 0 Å². The average molecular weight is 447 g/mol. The van der Waals surface area contributed by atoms with Gasteiger partial charge < -0.3 is 5.32 Å². The maximum atomic E-state index is 14.5. The zero-order valence-electron chi connectivity index (χ0n) is 18.8. The molecule has 5 nitrogen and oxygen atoms in total. The lowest BCUT2D eigenvalue weighted by atomic mass is 9.86. The summed E-state index contributed by atoms with van der Waals surface area (Å²) in [5.41, 5.74) is 3.07. The minimum absolute atomic E-state index is 0.0806. The van der Waals surface area contributed by atoms with Crippen LogP contribution < -0.4 is 10.0 Å². The summed E-state index contributed by atoms with van der Waals surface area (Å²) in [6.07, 6.45) is 3.23. The molecule has 2 rings (SSSR count). The maximum absolute atomic E-state index is 14.5. The number of anilines is 1. The van der Waals surface area contributed by atoms with E-state index in [1.54, 1.807) is 13.0 Å². The van der Waals surface area contributed by atoms with Crippen LogP contribution in [-0.4, -0.2) is 20.6 Å². The van der Waals surface area contributed by atoms with Crippen molar-refractivity contribution < 1.29 is 17.6 Å². The molecule has 0 unspecified atom stereocenters. The molecule has 0 heterocycles. The Morgan fingerprint density at radius 3 is 2.32 bits per heavy atom. The second-order valence-corrected chi connectivity index (χ2v) is 10.5. The Hall–Kier alpha value is -2.67. The minimum atomic E-state index is -3.64. The van der Waals surface area contributed by atoms with Crippen molar-refractivity contribution in [2.24, 2.45) is 0 Å². The number of halogens is 1. The van der Waals surface area contributed by atoms with E-state index in [1.165, 1.54) is 17.7 Å². The first-order chi connectivity index (χ1) is 14.3. The van der Waals surface area contributed by atoms with Crippen molar-refractivity contribution >= 4 is 27.7 Å². The highest BCUT2D eigenvalue weighted by molar-refractivity contribution is 7.92. The van der Waals surface area contributed by atoms with E-state index in [4.69, 9.17) is 0 Å². The third kappa shape index (κ3) is 7.21. The van der Waals surface area contributed by atoms with Crippen molar-refractivity contribution in [3.8, 4) is 0 Å². The third-order valence-corrected chi connectivity index (χ3v) is 5.56. The van der Waals surface area contributed by atoms with E-state index in [0.717, 1.165) is 11.8 Å². The molecule has 0 saturated carbocycles. The van der Waals surface area contributed by atoms with E-state index in [1.807, 2.05) is 12.1 Å². The Morgan fingerprint density at radius 1 is 1.19 bits per heavy atom. The van der Waals surface area contributed by atoms with Gasteiger partial charge in [0.05, 0.1) is 18.0 Å². The fourth-order valence-corrected chi connectivity index (χ4v) is 3.77. The van der Waals surface area contributed by atoms with Gasteiger partial charge in [-0.05, 0) is 47.6 Å². The van der Waals surface area contributed by atoms with Gasteiger partial charge >= 0.3 is 0 Å². The lowest BCUT2D eigenvalue weighted by Crippen LogP contribution is -2.27. The van der Waals surface area contributed by atoms with Gasteiger partial charge in [-0.2, -0.15) is 0 Å². The standard InChI is InChI=1S/C24H31FN2O3S/c1-7-18-14-19(15-21(25)23(18)27-31(6,29)30)16(2)26-22(28)13-10-17-8-11-20(12-9-17)24(3,4)5/h7-9,11-12,14-16,27H,1,10,13H2,2-6H3,(H,26,28)/t16-/m1/s1. The van der Waals surface area contributed by atoms with Crippen LogP contribution in [0.2, 0.25) is 0 Å². The van der Waals surface area contributed by atoms with Crippen LogP contribution in [0.5, 0.6) is 0 Å². The molecule has 2 aromatic carbocycles. The fourth-order valence-electron chi connectivity index (χ4n) is 3.18. The molecule has 31 heavy (non-hydrogen) atoms. The number of carbonyl (C=O) groups is 1. The van der Waals surface area contributed by atoms with Crippen LogP contribution in [0.15, 0.2) is 43.0 Å². The van der Waals surface area contributed by atoms with E-state index in [0.29, 0.717) is 24.0 Å². The number of aryl methyl sites for hydroxylation is 1. The molecule has 0 spiro atoms. The highest BCUT2D eigenvalue weighted by atomic mass is 32.2. The number of carbonyl (C=O) groups excluding carboxylic acids is 1. The molecule has 0 aliphatic carbocycles. The van der Waals surface area contributed by atoms with E-state index in [9.17, 15) is 17.6 Å². The third-order valence-electron chi connectivity index (χ3n) is 4.99. The zero-order valence-corrected chi connectivity index (χ0v) is 19.6. The Kier molecular flexibility index (Phi) is 7.65. The number of nitrogens with one attached hydrogen (secondary N) is 2. The second-order valence-electron chi connectivity index (χ2n) is 8.78. The molecule has 7 heteroatoms. The number of benzene rings is 2. The Morgan fingerprint density at radius 2 is 1.81 bits per heavy atom. The van der Waals surface area contributed by atoms with Gasteiger partial charge in [0.1, 0.15) is 5.82 Å². The van der Waals surface area contributed by atoms with Crippen LogP contribution >= 0.6 is 0 Å². The van der Waals surface area contributed by atoms with E-state index in [2.05, 4.69) is 49.5 Å².